The second-order valence-electron chi connectivity index (χ2n) is 6.90. The molecule has 0 radical (unpaired) electrons. The number of hydrogen-bond acceptors (Lipinski definition) is 3. The SMILES string of the molecule is CC#CC(CC(=O)OC)c1ccc(OCC[C@@H](C)CCC=C(C)C)cc1. The van der Waals surface area contributed by atoms with E-state index in [1.807, 2.05) is 24.3 Å². The molecule has 0 bridgehead atoms. The van der Waals surface area contributed by atoms with Gasteiger partial charge < -0.3 is 9.47 Å². The third-order valence-electron chi connectivity index (χ3n) is 4.29. The van der Waals surface area contributed by atoms with Crippen LogP contribution in [0.15, 0.2) is 35.9 Å². The lowest BCUT2D eigenvalue weighted by molar-refractivity contribution is -0.140. The zero-order valence-corrected chi connectivity index (χ0v) is 16.8. The summed E-state index contributed by atoms with van der Waals surface area (Å²) in [5.41, 5.74) is 2.39. The molecule has 2 atom stereocenters. The predicted octanol–water partition coefficient (Wildman–Crippen LogP) is 5.51. The Morgan fingerprint density at radius 2 is 1.88 bits per heavy atom. The zero-order chi connectivity index (χ0) is 19.4. The molecule has 0 aliphatic carbocycles. The first kappa shape index (κ1) is 21.8. The Morgan fingerprint density at radius 3 is 2.46 bits per heavy atom. The molecule has 0 saturated carbocycles. The van der Waals surface area contributed by atoms with Crippen molar-refractivity contribution >= 4 is 5.97 Å². The van der Waals surface area contributed by atoms with Crippen molar-refractivity contribution in [2.24, 2.45) is 5.92 Å². The Balaban J connectivity index is 2.49. The van der Waals surface area contributed by atoms with Crippen LogP contribution in [0, 0.1) is 17.8 Å². The molecular formula is C23H32O3. The lowest BCUT2D eigenvalue weighted by atomic mass is 9.96. The van der Waals surface area contributed by atoms with E-state index < -0.39 is 0 Å². The van der Waals surface area contributed by atoms with Gasteiger partial charge in [-0.1, -0.05) is 36.6 Å². The molecule has 0 saturated heterocycles. The summed E-state index contributed by atoms with van der Waals surface area (Å²) >= 11 is 0. The number of hydrogen-bond donors (Lipinski definition) is 0. The fourth-order valence-electron chi connectivity index (χ4n) is 2.65. The molecule has 3 heteroatoms. The van der Waals surface area contributed by atoms with Crippen molar-refractivity contribution in [3.63, 3.8) is 0 Å². The van der Waals surface area contributed by atoms with E-state index >= 15 is 0 Å². The van der Waals surface area contributed by atoms with Gasteiger partial charge in [-0.2, -0.15) is 0 Å². The maximum Gasteiger partial charge on any atom is 0.307 e. The summed E-state index contributed by atoms with van der Waals surface area (Å²) in [6.45, 7) is 9.04. The highest BCUT2D eigenvalue weighted by Gasteiger charge is 2.14. The average Bonchev–Trinajstić information content (AvgIpc) is 2.61. The van der Waals surface area contributed by atoms with E-state index in [2.05, 4.69) is 38.7 Å². The Kier molecular flexibility index (Phi) is 10.2. The molecule has 0 aromatic heterocycles. The second-order valence-corrected chi connectivity index (χ2v) is 6.90. The molecule has 0 spiro atoms. The number of esters is 1. The molecule has 26 heavy (non-hydrogen) atoms. The Hall–Kier alpha value is -2.21. The van der Waals surface area contributed by atoms with E-state index in [4.69, 9.17) is 9.47 Å². The summed E-state index contributed by atoms with van der Waals surface area (Å²) in [6.07, 6.45) is 5.93. The molecule has 3 nitrogen and oxygen atoms in total. The molecule has 0 aliphatic rings. The number of carbonyl (C=O) groups excluding carboxylic acids is 1. The lowest BCUT2D eigenvalue weighted by Crippen LogP contribution is -2.07. The molecule has 142 valence electrons. The van der Waals surface area contributed by atoms with Gasteiger partial charge >= 0.3 is 5.97 Å². The van der Waals surface area contributed by atoms with Gasteiger partial charge in [0.15, 0.2) is 0 Å². The van der Waals surface area contributed by atoms with Crippen LogP contribution in [0.4, 0.5) is 0 Å². The van der Waals surface area contributed by atoms with Crippen molar-refractivity contribution < 1.29 is 14.3 Å². The largest absolute Gasteiger partial charge is 0.494 e. The first-order valence-electron chi connectivity index (χ1n) is 9.31. The van der Waals surface area contributed by atoms with E-state index in [1.165, 1.54) is 19.1 Å². The summed E-state index contributed by atoms with van der Waals surface area (Å²) in [5, 5.41) is 0. The van der Waals surface area contributed by atoms with E-state index in [9.17, 15) is 4.79 Å². The van der Waals surface area contributed by atoms with Crippen molar-refractivity contribution in [1.82, 2.24) is 0 Å². The fraction of sp³-hybridized carbons (Fsp3) is 0.522. The van der Waals surface area contributed by atoms with Crippen LogP contribution in [0.1, 0.15) is 64.9 Å². The van der Waals surface area contributed by atoms with Gasteiger partial charge in [0.2, 0.25) is 0 Å². The topological polar surface area (TPSA) is 35.5 Å². The van der Waals surface area contributed by atoms with Crippen LogP contribution in [-0.2, 0) is 9.53 Å². The van der Waals surface area contributed by atoms with E-state index in [1.54, 1.807) is 6.92 Å². The monoisotopic (exact) mass is 356 g/mol. The van der Waals surface area contributed by atoms with Gasteiger partial charge in [0, 0.05) is 0 Å². The van der Waals surface area contributed by atoms with Crippen LogP contribution < -0.4 is 4.74 Å². The molecule has 0 amide bonds. The molecule has 1 aromatic carbocycles. The molecule has 0 fully saturated rings. The highest BCUT2D eigenvalue weighted by molar-refractivity contribution is 5.71. The summed E-state index contributed by atoms with van der Waals surface area (Å²) in [7, 11) is 1.40. The second kappa shape index (κ2) is 12.2. The molecule has 1 unspecified atom stereocenters. The van der Waals surface area contributed by atoms with Gasteiger partial charge in [-0.25, -0.2) is 0 Å². The molecule has 0 N–H and O–H groups in total. The fourth-order valence-corrected chi connectivity index (χ4v) is 2.65. The van der Waals surface area contributed by atoms with Crippen LogP contribution >= 0.6 is 0 Å². The molecule has 0 heterocycles. The summed E-state index contributed by atoms with van der Waals surface area (Å²) in [5.74, 6) is 7.07. The number of rotatable bonds is 10. The van der Waals surface area contributed by atoms with E-state index in [0.717, 1.165) is 30.8 Å². The van der Waals surface area contributed by atoms with Gasteiger partial charge in [-0.3, -0.25) is 4.79 Å². The average molecular weight is 357 g/mol. The van der Waals surface area contributed by atoms with Crippen molar-refractivity contribution in [2.75, 3.05) is 13.7 Å². The Labute approximate surface area is 158 Å². The highest BCUT2D eigenvalue weighted by atomic mass is 16.5. The molecule has 0 aliphatic heterocycles. The molecule has 1 aromatic rings. The summed E-state index contributed by atoms with van der Waals surface area (Å²) in [4.78, 5) is 11.5. The zero-order valence-electron chi connectivity index (χ0n) is 16.8. The minimum atomic E-state index is -0.250. The van der Waals surface area contributed by atoms with Crippen molar-refractivity contribution in [1.29, 1.82) is 0 Å². The van der Waals surface area contributed by atoms with E-state index in [0.29, 0.717) is 5.92 Å². The van der Waals surface area contributed by atoms with Crippen LogP contribution in [-0.4, -0.2) is 19.7 Å². The van der Waals surface area contributed by atoms with E-state index in [-0.39, 0.29) is 18.3 Å². The van der Waals surface area contributed by atoms with Gasteiger partial charge in [0.25, 0.3) is 0 Å². The number of ether oxygens (including phenoxy) is 2. The minimum absolute atomic E-state index is 0.142. The van der Waals surface area contributed by atoms with Crippen LogP contribution in [0.5, 0.6) is 5.75 Å². The van der Waals surface area contributed by atoms with Crippen molar-refractivity contribution in [3.8, 4) is 17.6 Å². The Morgan fingerprint density at radius 1 is 1.19 bits per heavy atom. The summed E-state index contributed by atoms with van der Waals surface area (Å²) < 4.78 is 10.6. The maximum atomic E-state index is 11.5. The minimum Gasteiger partial charge on any atom is -0.494 e. The summed E-state index contributed by atoms with van der Waals surface area (Å²) in [6, 6.07) is 7.85. The first-order chi connectivity index (χ1) is 12.5. The predicted molar refractivity (Wildman–Crippen MR) is 107 cm³/mol. The maximum absolute atomic E-state index is 11.5. The van der Waals surface area contributed by atoms with Gasteiger partial charge in [-0.05, 0) is 63.6 Å². The van der Waals surface area contributed by atoms with Gasteiger partial charge in [0.1, 0.15) is 5.75 Å². The van der Waals surface area contributed by atoms with Gasteiger partial charge in [-0.15, -0.1) is 5.92 Å². The van der Waals surface area contributed by atoms with Crippen molar-refractivity contribution in [2.45, 2.75) is 59.3 Å². The number of allylic oxidation sites excluding steroid dienone is 2. The van der Waals surface area contributed by atoms with Crippen molar-refractivity contribution in [3.05, 3.63) is 41.5 Å². The number of methoxy groups -OCH3 is 1. The van der Waals surface area contributed by atoms with Crippen LogP contribution in [0.2, 0.25) is 0 Å². The number of benzene rings is 1. The van der Waals surface area contributed by atoms with Crippen LogP contribution in [0.25, 0.3) is 0 Å². The Bertz CT molecular complexity index is 628. The third-order valence-corrected chi connectivity index (χ3v) is 4.29. The van der Waals surface area contributed by atoms with Gasteiger partial charge in [0.05, 0.1) is 26.1 Å². The normalized spacial score (nSPS) is 12.3. The quantitative estimate of drug-likeness (QED) is 0.315. The van der Waals surface area contributed by atoms with Crippen LogP contribution in [0.3, 0.4) is 0 Å². The number of carbonyl (C=O) groups is 1. The standard InChI is InChI=1S/C23H32O3/c1-6-8-21(17-23(24)25-5)20-11-13-22(14-12-20)26-16-15-19(4)10-7-9-18(2)3/h9,11-14,19,21H,7,10,15-17H2,1-5H3/t19-,21?/m0/s1. The first-order valence-corrected chi connectivity index (χ1v) is 9.31. The lowest BCUT2D eigenvalue weighted by Gasteiger charge is -2.13. The smallest absolute Gasteiger partial charge is 0.307 e. The highest BCUT2D eigenvalue weighted by Crippen LogP contribution is 2.23. The molecular weight excluding hydrogens is 324 g/mol. The molecule has 1 rings (SSSR count). The third kappa shape index (κ3) is 8.76.